The van der Waals surface area contributed by atoms with Crippen LogP contribution in [-0.2, 0) is 14.3 Å². The monoisotopic (exact) mass is 188 g/mol. The van der Waals surface area contributed by atoms with Crippen molar-refractivity contribution >= 4 is 21.7 Å². The van der Waals surface area contributed by atoms with Crippen molar-refractivity contribution in [1.82, 2.24) is 0 Å². The summed E-state index contributed by atoms with van der Waals surface area (Å²) in [5.74, 6) is -0.0322. The number of alkyl halides is 1. The van der Waals surface area contributed by atoms with E-state index in [1.54, 1.807) is 0 Å². The zero-order chi connectivity index (χ0) is 8.20. The van der Waals surface area contributed by atoms with Gasteiger partial charge in [0.15, 0.2) is 0 Å². The molecule has 0 saturated carbocycles. The average Bonchev–Trinajstić information content (AvgIpc) is 1.81. The maximum Gasteiger partial charge on any atom is 0.264 e. The Morgan fingerprint density at radius 1 is 1.70 bits per heavy atom. The van der Waals surface area contributed by atoms with Crippen molar-refractivity contribution in [2.75, 3.05) is 18.7 Å². The molecular formula is C4H9ClO4S. The van der Waals surface area contributed by atoms with Crippen LogP contribution in [0.25, 0.3) is 0 Å². The average molecular weight is 189 g/mol. The molecule has 0 aliphatic carbocycles. The van der Waals surface area contributed by atoms with Gasteiger partial charge in [-0.05, 0) is 0 Å². The molecule has 4 nitrogen and oxygen atoms in total. The molecule has 0 saturated heterocycles. The summed E-state index contributed by atoms with van der Waals surface area (Å²) < 4.78 is 24.8. The first kappa shape index (κ1) is 10.2. The molecule has 1 atom stereocenters. The lowest BCUT2D eigenvalue weighted by molar-refractivity contribution is 0.129. The van der Waals surface area contributed by atoms with E-state index in [0.29, 0.717) is 0 Å². The normalized spacial score (nSPS) is 15.1. The Hall–Kier alpha value is 0.160. The Balaban J connectivity index is 3.56. The van der Waals surface area contributed by atoms with Gasteiger partial charge in [0.05, 0.1) is 24.8 Å². The molecule has 0 fully saturated rings. The highest BCUT2D eigenvalue weighted by molar-refractivity contribution is 7.85. The van der Waals surface area contributed by atoms with Crippen molar-refractivity contribution in [3.63, 3.8) is 0 Å². The fourth-order valence-corrected chi connectivity index (χ4v) is 0.740. The zero-order valence-corrected chi connectivity index (χ0v) is 7.02. The predicted molar refractivity (Wildman–Crippen MR) is 37.5 cm³/mol. The van der Waals surface area contributed by atoms with Crippen molar-refractivity contribution < 1.29 is 17.7 Å². The second kappa shape index (κ2) is 4.12. The summed E-state index contributed by atoms with van der Waals surface area (Å²) in [6, 6.07) is 0. The minimum atomic E-state index is -3.45. The first-order chi connectivity index (χ1) is 4.45. The summed E-state index contributed by atoms with van der Waals surface area (Å²) in [6.45, 7) is -0.275. The van der Waals surface area contributed by atoms with E-state index in [1.807, 2.05) is 0 Å². The first-order valence-corrected chi connectivity index (χ1v) is 4.89. The van der Waals surface area contributed by atoms with Crippen molar-refractivity contribution in [2.24, 2.45) is 0 Å². The van der Waals surface area contributed by atoms with Crippen molar-refractivity contribution in [3.8, 4) is 0 Å². The van der Waals surface area contributed by atoms with Crippen LogP contribution in [0.3, 0.4) is 0 Å². The second-order valence-electron chi connectivity index (χ2n) is 1.80. The Kier molecular flexibility index (Phi) is 4.19. The van der Waals surface area contributed by atoms with E-state index in [1.165, 1.54) is 0 Å². The van der Waals surface area contributed by atoms with Crippen LogP contribution in [0.1, 0.15) is 0 Å². The summed E-state index contributed by atoms with van der Waals surface area (Å²) >= 11 is 5.16. The topological polar surface area (TPSA) is 63.6 Å². The van der Waals surface area contributed by atoms with Gasteiger partial charge in [0.25, 0.3) is 10.1 Å². The molecule has 62 valence electrons. The molecule has 0 rings (SSSR count). The van der Waals surface area contributed by atoms with E-state index >= 15 is 0 Å². The minimum absolute atomic E-state index is 0.0322. The lowest BCUT2D eigenvalue weighted by Crippen LogP contribution is -2.19. The van der Waals surface area contributed by atoms with Crippen molar-refractivity contribution in [3.05, 3.63) is 0 Å². The number of aliphatic hydroxyl groups excluding tert-OH is 1. The minimum Gasteiger partial charge on any atom is -0.389 e. The van der Waals surface area contributed by atoms with E-state index in [9.17, 15) is 8.42 Å². The van der Waals surface area contributed by atoms with E-state index in [2.05, 4.69) is 4.18 Å². The zero-order valence-electron chi connectivity index (χ0n) is 5.45. The van der Waals surface area contributed by atoms with Gasteiger partial charge < -0.3 is 5.11 Å². The summed E-state index contributed by atoms with van der Waals surface area (Å²) in [4.78, 5) is 0. The summed E-state index contributed by atoms with van der Waals surface area (Å²) in [6.07, 6.45) is -0.00934. The van der Waals surface area contributed by atoms with Crippen molar-refractivity contribution in [2.45, 2.75) is 6.10 Å². The summed E-state index contributed by atoms with van der Waals surface area (Å²) in [5, 5.41) is 8.70. The van der Waals surface area contributed by atoms with Crippen LogP contribution in [-0.4, -0.2) is 38.4 Å². The third-order valence-corrected chi connectivity index (χ3v) is 1.57. The van der Waals surface area contributed by atoms with Gasteiger partial charge in [-0.25, -0.2) is 0 Å². The molecule has 10 heavy (non-hydrogen) atoms. The summed E-state index contributed by atoms with van der Waals surface area (Å²) in [5.41, 5.74) is 0. The van der Waals surface area contributed by atoms with Gasteiger partial charge in [-0.1, -0.05) is 0 Å². The Bertz CT molecular complexity index is 176. The predicted octanol–water partition coefficient (Wildman–Crippen LogP) is -0.438. The Morgan fingerprint density at radius 2 is 2.20 bits per heavy atom. The highest BCUT2D eigenvalue weighted by Gasteiger charge is 2.06. The van der Waals surface area contributed by atoms with Crippen LogP contribution < -0.4 is 0 Å². The smallest absolute Gasteiger partial charge is 0.264 e. The van der Waals surface area contributed by atoms with Crippen molar-refractivity contribution in [1.29, 1.82) is 0 Å². The fraction of sp³-hybridized carbons (Fsp3) is 1.00. The van der Waals surface area contributed by atoms with Gasteiger partial charge in [0.1, 0.15) is 0 Å². The molecule has 1 N–H and O–H groups in total. The van der Waals surface area contributed by atoms with Gasteiger partial charge >= 0.3 is 0 Å². The molecule has 0 heterocycles. The van der Waals surface area contributed by atoms with Gasteiger partial charge in [-0.2, -0.15) is 8.42 Å². The number of hydrogen-bond acceptors (Lipinski definition) is 4. The van der Waals surface area contributed by atoms with Crippen LogP contribution in [0.4, 0.5) is 0 Å². The van der Waals surface area contributed by atoms with E-state index in [-0.39, 0.29) is 12.5 Å². The quantitative estimate of drug-likeness (QED) is 0.480. The lowest BCUT2D eigenvalue weighted by atomic mass is 10.4. The standard InChI is InChI=1S/C4H9ClO4S/c1-10(7,8)9-3-4(6)2-5/h4,6H,2-3H2,1H3/t4-/m1/s1. The highest BCUT2D eigenvalue weighted by atomic mass is 35.5. The van der Waals surface area contributed by atoms with Gasteiger partial charge in [0, 0.05) is 0 Å². The van der Waals surface area contributed by atoms with Crippen LogP contribution in [0.2, 0.25) is 0 Å². The first-order valence-electron chi connectivity index (χ1n) is 2.54. The second-order valence-corrected chi connectivity index (χ2v) is 3.75. The molecule has 0 aromatic heterocycles. The van der Waals surface area contributed by atoms with E-state index < -0.39 is 16.2 Å². The summed E-state index contributed by atoms with van der Waals surface area (Å²) in [7, 11) is -3.45. The molecule has 0 spiro atoms. The molecular weight excluding hydrogens is 180 g/mol. The molecule has 6 heteroatoms. The van der Waals surface area contributed by atoms with Crippen LogP contribution >= 0.6 is 11.6 Å². The number of rotatable bonds is 4. The Morgan fingerprint density at radius 3 is 2.50 bits per heavy atom. The number of halogens is 1. The molecule has 0 aromatic carbocycles. The van der Waals surface area contributed by atoms with Crippen LogP contribution in [0.15, 0.2) is 0 Å². The number of aliphatic hydroxyl groups is 1. The molecule has 0 aliphatic rings. The molecule has 0 aromatic rings. The maximum absolute atomic E-state index is 10.3. The molecule has 0 amide bonds. The molecule has 0 unspecified atom stereocenters. The third kappa shape index (κ3) is 6.28. The van der Waals surface area contributed by atoms with Gasteiger partial charge in [-0.3, -0.25) is 4.18 Å². The van der Waals surface area contributed by atoms with Crippen LogP contribution in [0.5, 0.6) is 0 Å². The largest absolute Gasteiger partial charge is 0.389 e. The molecule has 0 radical (unpaired) electrons. The lowest BCUT2D eigenvalue weighted by Gasteiger charge is -2.04. The highest BCUT2D eigenvalue weighted by Crippen LogP contribution is 1.92. The Labute approximate surface area is 64.9 Å². The fourth-order valence-electron chi connectivity index (χ4n) is 0.247. The van der Waals surface area contributed by atoms with Gasteiger partial charge in [0.2, 0.25) is 0 Å². The third-order valence-electron chi connectivity index (χ3n) is 0.653. The SMILES string of the molecule is CS(=O)(=O)OC[C@H](O)CCl. The maximum atomic E-state index is 10.3. The van der Waals surface area contributed by atoms with Crippen LogP contribution in [0, 0.1) is 0 Å². The number of hydrogen-bond donors (Lipinski definition) is 1. The van der Waals surface area contributed by atoms with E-state index in [4.69, 9.17) is 16.7 Å². The van der Waals surface area contributed by atoms with Gasteiger partial charge in [-0.15, -0.1) is 11.6 Å². The molecule has 0 aliphatic heterocycles. The molecule has 0 bridgehead atoms. The van der Waals surface area contributed by atoms with E-state index in [0.717, 1.165) is 6.26 Å².